The molecule has 3 aromatic rings. The van der Waals surface area contributed by atoms with Crippen LogP contribution in [0.5, 0.6) is 0 Å². The van der Waals surface area contributed by atoms with Crippen LogP contribution < -0.4 is 16.0 Å². The summed E-state index contributed by atoms with van der Waals surface area (Å²) in [5.74, 6) is -4.11. The van der Waals surface area contributed by atoms with Gasteiger partial charge in [-0.3, -0.25) is 19.7 Å². The maximum atomic E-state index is 13.5. The molecular formula is C25H26ClF2N5O3. The smallest absolute Gasteiger partial charge is 0.257 e. The van der Waals surface area contributed by atoms with Crippen LogP contribution in [0.3, 0.4) is 0 Å². The summed E-state index contributed by atoms with van der Waals surface area (Å²) in [5, 5.41) is 3.25. The van der Waals surface area contributed by atoms with Crippen molar-refractivity contribution in [2.75, 3.05) is 17.3 Å². The number of primary amides is 1. The molecule has 3 amide bonds. The summed E-state index contributed by atoms with van der Waals surface area (Å²) in [4.78, 5) is 43.1. The number of nitrogens with zero attached hydrogens (tertiary/aromatic N) is 3. The van der Waals surface area contributed by atoms with Crippen molar-refractivity contribution in [3.63, 3.8) is 0 Å². The topological polar surface area (TPSA) is 110 Å². The Balaban J connectivity index is 1.60. The van der Waals surface area contributed by atoms with Gasteiger partial charge in [-0.1, -0.05) is 11.6 Å². The monoisotopic (exact) mass is 517 g/mol. The molecule has 36 heavy (non-hydrogen) atoms. The normalized spacial score (nSPS) is 15.6. The number of fused-ring (bicyclic) bond motifs is 1. The Hall–Kier alpha value is -3.53. The second-order valence-electron chi connectivity index (χ2n) is 8.96. The predicted molar refractivity (Wildman–Crippen MR) is 133 cm³/mol. The first-order valence-electron chi connectivity index (χ1n) is 11.5. The number of nitrogens with one attached hydrogen (secondary N) is 1. The van der Waals surface area contributed by atoms with Crippen molar-refractivity contribution in [2.24, 2.45) is 11.7 Å². The number of aryl methyl sites for hydroxylation is 1. The molecule has 1 aromatic heterocycles. The van der Waals surface area contributed by atoms with Crippen LogP contribution in [0.1, 0.15) is 42.5 Å². The van der Waals surface area contributed by atoms with Crippen LogP contribution in [0.15, 0.2) is 42.5 Å². The van der Waals surface area contributed by atoms with Crippen LogP contribution in [-0.2, 0) is 16.1 Å². The van der Waals surface area contributed by atoms with Gasteiger partial charge in [0.1, 0.15) is 0 Å². The van der Waals surface area contributed by atoms with Crippen molar-refractivity contribution in [3.05, 3.63) is 53.1 Å². The number of hydrogen-bond donors (Lipinski definition) is 2. The largest absolute Gasteiger partial charge is 0.370 e. The number of nitrogens with two attached hydrogens (primary N) is 1. The molecule has 0 saturated heterocycles. The highest BCUT2D eigenvalue weighted by molar-refractivity contribution is 6.30. The number of alkyl halides is 2. The van der Waals surface area contributed by atoms with Gasteiger partial charge in [-0.25, -0.2) is 13.8 Å². The van der Waals surface area contributed by atoms with Crippen molar-refractivity contribution in [2.45, 2.75) is 44.6 Å². The first-order valence-corrected chi connectivity index (χ1v) is 11.9. The number of carbonyl (C=O) groups excluding carboxylic acids is 3. The number of aromatic nitrogens is 2. The van der Waals surface area contributed by atoms with E-state index in [-0.39, 0.29) is 50.5 Å². The van der Waals surface area contributed by atoms with Crippen molar-refractivity contribution < 1.29 is 23.2 Å². The van der Waals surface area contributed by atoms with Gasteiger partial charge >= 0.3 is 0 Å². The third-order valence-electron chi connectivity index (χ3n) is 6.43. The van der Waals surface area contributed by atoms with Crippen LogP contribution >= 0.6 is 11.6 Å². The predicted octanol–water partition coefficient (Wildman–Crippen LogP) is 4.61. The van der Waals surface area contributed by atoms with Gasteiger partial charge in [-0.2, -0.15) is 0 Å². The van der Waals surface area contributed by atoms with E-state index in [4.69, 9.17) is 17.3 Å². The number of hydrogen-bond acceptors (Lipinski definition) is 4. The van der Waals surface area contributed by atoms with Gasteiger partial charge in [0, 0.05) is 55.0 Å². The van der Waals surface area contributed by atoms with Crippen molar-refractivity contribution >= 4 is 52.0 Å². The van der Waals surface area contributed by atoms with E-state index in [1.54, 1.807) is 54.1 Å². The fraction of sp³-hybridized carbons (Fsp3) is 0.360. The maximum Gasteiger partial charge on any atom is 0.257 e. The first kappa shape index (κ1) is 25.6. The Kier molecular flexibility index (Phi) is 7.26. The number of halogens is 3. The van der Waals surface area contributed by atoms with Crippen molar-refractivity contribution in [1.29, 1.82) is 0 Å². The minimum atomic E-state index is -2.71. The Morgan fingerprint density at radius 3 is 2.47 bits per heavy atom. The molecule has 8 nitrogen and oxygen atoms in total. The average Bonchev–Trinajstić information content (AvgIpc) is 3.18. The lowest BCUT2D eigenvalue weighted by Gasteiger charge is -2.30. The number of amides is 3. The van der Waals surface area contributed by atoms with Gasteiger partial charge in [-0.15, -0.1) is 0 Å². The molecule has 3 N–H and O–H groups in total. The summed E-state index contributed by atoms with van der Waals surface area (Å²) in [7, 11) is 1.60. The van der Waals surface area contributed by atoms with Crippen LogP contribution in [0.2, 0.25) is 5.02 Å². The zero-order chi connectivity index (χ0) is 26.0. The third-order valence-corrected chi connectivity index (χ3v) is 6.68. The molecule has 1 heterocycles. The molecule has 0 atom stereocenters. The van der Waals surface area contributed by atoms with E-state index < -0.39 is 23.7 Å². The molecular weight excluding hydrogens is 492 g/mol. The molecule has 0 spiro atoms. The van der Waals surface area contributed by atoms with Gasteiger partial charge in [-0.05, 0) is 55.3 Å². The Morgan fingerprint density at radius 2 is 1.83 bits per heavy atom. The molecule has 0 bridgehead atoms. The first-order chi connectivity index (χ1) is 17.0. The molecule has 4 rings (SSSR count). The highest BCUT2D eigenvalue weighted by atomic mass is 35.5. The molecule has 0 unspecified atom stereocenters. The molecule has 190 valence electrons. The average molecular weight is 518 g/mol. The highest BCUT2D eigenvalue weighted by Crippen LogP contribution is 2.37. The molecule has 2 aromatic carbocycles. The number of rotatable bonds is 7. The van der Waals surface area contributed by atoms with Crippen LogP contribution in [0, 0.1) is 5.92 Å². The molecule has 1 saturated carbocycles. The van der Waals surface area contributed by atoms with E-state index in [2.05, 4.69) is 10.3 Å². The van der Waals surface area contributed by atoms with Crippen LogP contribution in [0.4, 0.5) is 20.4 Å². The molecule has 1 aliphatic carbocycles. The second-order valence-corrected chi connectivity index (χ2v) is 9.40. The minimum absolute atomic E-state index is 0.0295. The zero-order valence-corrected chi connectivity index (χ0v) is 20.4. The van der Waals surface area contributed by atoms with Gasteiger partial charge in [0.25, 0.3) is 5.91 Å². The van der Waals surface area contributed by atoms with Crippen LogP contribution in [0.25, 0.3) is 11.0 Å². The zero-order valence-electron chi connectivity index (χ0n) is 19.6. The lowest BCUT2D eigenvalue weighted by molar-refractivity contribution is -0.126. The van der Waals surface area contributed by atoms with E-state index in [0.717, 1.165) is 0 Å². The van der Waals surface area contributed by atoms with Gasteiger partial charge in [0.2, 0.25) is 23.7 Å². The molecule has 1 fully saturated rings. The SMILES string of the molecule is CN(C(=O)C1CCC(F)(F)CC1)c1ccc2c(c1)nc(NC(=O)c1ccc(Cl)cc1)n2CCC(N)=O. The lowest BCUT2D eigenvalue weighted by atomic mass is 9.86. The fourth-order valence-electron chi connectivity index (χ4n) is 4.33. The summed E-state index contributed by atoms with van der Waals surface area (Å²) in [5.41, 5.74) is 7.36. The number of imidazole rings is 1. The summed E-state index contributed by atoms with van der Waals surface area (Å²) >= 11 is 5.90. The fourth-order valence-corrected chi connectivity index (χ4v) is 4.46. The number of anilines is 2. The Labute approximate surface area is 211 Å². The van der Waals surface area contributed by atoms with Crippen molar-refractivity contribution in [1.82, 2.24) is 9.55 Å². The summed E-state index contributed by atoms with van der Waals surface area (Å²) in [6.07, 6.45) is -0.279. The Morgan fingerprint density at radius 1 is 1.17 bits per heavy atom. The van der Waals surface area contributed by atoms with E-state index in [9.17, 15) is 23.2 Å². The number of carbonyl (C=O) groups is 3. The molecule has 11 heteroatoms. The van der Waals surface area contributed by atoms with E-state index in [0.29, 0.717) is 27.3 Å². The highest BCUT2D eigenvalue weighted by Gasteiger charge is 2.38. The minimum Gasteiger partial charge on any atom is -0.370 e. The van der Waals surface area contributed by atoms with Gasteiger partial charge in [0.15, 0.2) is 0 Å². The third kappa shape index (κ3) is 5.64. The van der Waals surface area contributed by atoms with E-state index in [1.807, 2.05) is 0 Å². The van der Waals surface area contributed by atoms with Crippen LogP contribution in [-0.4, -0.2) is 40.2 Å². The Bertz CT molecular complexity index is 1300. The summed E-state index contributed by atoms with van der Waals surface area (Å²) in [6, 6.07) is 11.5. The summed E-state index contributed by atoms with van der Waals surface area (Å²) in [6.45, 7) is 0.187. The molecule has 0 radical (unpaired) electrons. The summed E-state index contributed by atoms with van der Waals surface area (Å²) < 4.78 is 28.7. The van der Waals surface area contributed by atoms with E-state index in [1.165, 1.54) is 4.90 Å². The van der Waals surface area contributed by atoms with Gasteiger partial charge < -0.3 is 15.2 Å². The van der Waals surface area contributed by atoms with E-state index >= 15 is 0 Å². The lowest BCUT2D eigenvalue weighted by Crippen LogP contribution is -2.37. The molecule has 1 aliphatic rings. The number of benzene rings is 2. The van der Waals surface area contributed by atoms with Gasteiger partial charge in [0.05, 0.1) is 11.0 Å². The standard InChI is InChI=1S/C25H26ClF2N5O3/c1-32(23(36)16-8-11-25(27,28)12-9-16)18-6-7-20-19(14-18)30-24(33(20)13-10-21(29)34)31-22(35)15-2-4-17(26)5-3-15/h2-7,14,16H,8-13H2,1H3,(H2,29,34)(H,30,31,35). The maximum absolute atomic E-state index is 13.5. The molecule has 0 aliphatic heterocycles. The second kappa shape index (κ2) is 10.2. The quantitative estimate of drug-likeness (QED) is 0.477. The van der Waals surface area contributed by atoms with Crippen molar-refractivity contribution in [3.8, 4) is 0 Å².